The zero-order valence-electron chi connectivity index (χ0n) is 14.6. The van der Waals surface area contributed by atoms with Crippen molar-refractivity contribution in [2.75, 3.05) is 29.9 Å². The number of hydrogen-bond donors (Lipinski definition) is 4. The summed E-state index contributed by atoms with van der Waals surface area (Å²) in [5.41, 5.74) is 2.87. The van der Waals surface area contributed by atoms with Gasteiger partial charge >= 0.3 is 5.69 Å². The third-order valence-corrected chi connectivity index (χ3v) is 3.55. The van der Waals surface area contributed by atoms with E-state index in [9.17, 15) is 14.4 Å². The van der Waals surface area contributed by atoms with Gasteiger partial charge in [-0.15, -0.1) is 5.10 Å². The predicted molar refractivity (Wildman–Crippen MR) is 99.7 cm³/mol. The van der Waals surface area contributed by atoms with E-state index in [0.29, 0.717) is 0 Å². The molecule has 0 aliphatic carbocycles. The van der Waals surface area contributed by atoms with Crippen molar-refractivity contribution in [1.82, 2.24) is 20.6 Å². The van der Waals surface area contributed by atoms with Crippen LogP contribution in [-0.4, -0.2) is 46.9 Å². The minimum absolute atomic E-state index is 0.157. The summed E-state index contributed by atoms with van der Waals surface area (Å²) < 4.78 is 0. The number of nitrogens with zero attached hydrogens (tertiary/aromatic N) is 3. The van der Waals surface area contributed by atoms with Crippen molar-refractivity contribution in [3.63, 3.8) is 0 Å². The zero-order chi connectivity index (χ0) is 18.9. The summed E-state index contributed by atoms with van der Waals surface area (Å²) in [6, 6.07) is 7.80. The van der Waals surface area contributed by atoms with Gasteiger partial charge in [-0.25, -0.2) is 15.3 Å². The van der Waals surface area contributed by atoms with Crippen LogP contribution in [0.4, 0.5) is 11.5 Å². The van der Waals surface area contributed by atoms with Crippen LogP contribution >= 0.6 is 0 Å². The molecule has 0 atom stereocenters. The number of hydrazone groups is 1. The fraction of sp³-hybridized carbons (Fsp3) is 0.312. The number of H-pyrrole nitrogens is 2. The van der Waals surface area contributed by atoms with E-state index >= 15 is 0 Å². The lowest BCUT2D eigenvalue weighted by Crippen LogP contribution is -2.31. The normalized spacial score (nSPS) is 10.7. The molecule has 1 aromatic carbocycles. The van der Waals surface area contributed by atoms with Gasteiger partial charge in [-0.1, -0.05) is 12.1 Å². The van der Waals surface area contributed by atoms with Gasteiger partial charge in [0.15, 0.2) is 0 Å². The van der Waals surface area contributed by atoms with Crippen LogP contribution in [0.2, 0.25) is 0 Å². The Morgan fingerprint density at radius 3 is 2.54 bits per heavy atom. The van der Waals surface area contributed by atoms with Crippen LogP contribution in [0, 0.1) is 0 Å². The molecule has 0 fully saturated rings. The average molecular weight is 359 g/mol. The van der Waals surface area contributed by atoms with Gasteiger partial charge in [0.1, 0.15) is 0 Å². The van der Waals surface area contributed by atoms with Crippen LogP contribution in [0.15, 0.2) is 39.0 Å². The maximum Gasteiger partial charge on any atom is 0.342 e. The highest BCUT2D eigenvalue weighted by Crippen LogP contribution is 2.13. The van der Waals surface area contributed by atoms with Crippen LogP contribution in [0.3, 0.4) is 0 Å². The van der Waals surface area contributed by atoms with Crippen molar-refractivity contribution in [3.8, 4) is 0 Å². The molecule has 2 rings (SSSR count). The molecule has 10 heteroatoms. The molecule has 4 N–H and O–H groups in total. The summed E-state index contributed by atoms with van der Waals surface area (Å²) in [5, 5.41) is 11.9. The Bertz CT molecular complexity index is 866. The second-order valence-corrected chi connectivity index (χ2v) is 5.27. The van der Waals surface area contributed by atoms with Crippen LogP contribution in [0.5, 0.6) is 0 Å². The highest BCUT2D eigenvalue weighted by molar-refractivity contribution is 5.84. The van der Waals surface area contributed by atoms with E-state index in [1.807, 2.05) is 29.2 Å². The topological polar surface area (TPSA) is 135 Å². The van der Waals surface area contributed by atoms with Crippen LogP contribution in [0.1, 0.15) is 19.4 Å². The van der Waals surface area contributed by atoms with Crippen molar-refractivity contribution in [1.29, 1.82) is 0 Å². The number of amides is 1. The zero-order valence-corrected chi connectivity index (χ0v) is 14.6. The van der Waals surface area contributed by atoms with E-state index in [-0.39, 0.29) is 12.4 Å². The Labute approximate surface area is 149 Å². The number of rotatable bonds is 8. The molecular formula is C16H21N7O3. The van der Waals surface area contributed by atoms with Crippen molar-refractivity contribution in [2.24, 2.45) is 5.10 Å². The van der Waals surface area contributed by atoms with E-state index in [2.05, 4.69) is 44.8 Å². The van der Waals surface area contributed by atoms with Gasteiger partial charge in [0.05, 0.1) is 12.8 Å². The van der Waals surface area contributed by atoms with E-state index < -0.39 is 17.2 Å². The molecule has 0 aliphatic rings. The summed E-state index contributed by atoms with van der Waals surface area (Å²) in [6.45, 7) is 5.83. The molecule has 138 valence electrons. The highest BCUT2D eigenvalue weighted by atomic mass is 16.2. The number of benzene rings is 1. The third kappa shape index (κ3) is 5.30. The first-order valence-corrected chi connectivity index (χ1v) is 8.13. The van der Waals surface area contributed by atoms with Crippen molar-refractivity contribution in [3.05, 3.63) is 50.7 Å². The molecule has 0 aliphatic heterocycles. The van der Waals surface area contributed by atoms with Crippen molar-refractivity contribution in [2.45, 2.75) is 13.8 Å². The maximum absolute atomic E-state index is 11.7. The second kappa shape index (κ2) is 9.16. The van der Waals surface area contributed by atoms with Crippen LogP contribution < -0.4 is 26.9 Å². The number of carbonyl (C=O) groups excluding carboxylic acids is 1. The molecule has 0 saturated heterocycles. The van der Waals surface area contributed by atoms with Crippen molar-refractivity contribution < 1.29 is 4.79 Å². The summed E-state index contributed by atoms with van der Waals surface area (Å²) in [6.07, 6.45) is 1.52. The number of nitrogens with one attached hydrogen (secondary N) is 4. The molecule has 0 spiro atoms. The Hall–Kier alpha value is -3.43. The van der Waals surface area contributed by atoms with Gasteiger partial charge in [-0.05, 0) is 31.5 Å². The standard InChI is InChI=1S/C16H21N7O3/c1-3-23(4-2)12-7-5-11(6-8-12)9-18-20-13(24)10-17-14-15(25)19-16(26)22-21-14/h5-9H,3-4,10H2,1-2H3,(H,17,21)(H,20,24)(H2,19,22,25,26)/b18-9+. The lowest BCUT2D eigenvalue weighted by atomic mass is 10.2. The Morgan fingerprint density at radius 2 is 1.92 bits per heavy atom. The minimum atomic E-state index is -0.721. The smallest absolute Gasteiger partial charge is 0.342 e. The second-order valence-electron chi connectivity index (χ2n) is 5.27. The third-order valence-electron chi connectivity index (χ3n) is 3.55. The lowest BCUT2D eigenvalue weighted by Gasteiger charge is -2.20. The highest BCUT2D eigenvalue weighted by Gasteiger charge is 2.05. The Kier molecular flexibility index (Phi) is 6.66. The van der Waals surface area contributed by atoms with Gasteiger partial charge in [0.25, 0.3) is 11.5 Å². The van der Waals surface area contributed by atoms with Gasteiger partial charge < -0.3 is 10.2 Å². The van der Waals surface area contributed by atoms with Gasteiger partial charge in [0, 0.05) is 18.8 Å². The number of hydrogen-bond acceptors (Lipinski definition) is 7. The van der Waals surface area contributed by atoms with Gasteiger partial charge in [-0.3, -0.25) is 14.6 Å². The molecule has 0 unspecified atom stereocenters. The number of carbonyl (C=O) groups is 1. The molecule has 0 saturated carbocycles. The number of aromatic nitrogens is 3. The van der Waals surface area contributed by atoms with Gasteiger partial charge in [-0.2, -0.15) is 5.10 Å². The predicted octanol–water partition coefficient (Wildman–Crippen LogP) is -0.133. The quantitative estimate of drug-likeness (QED) is 0.383. The Morgan fingerprint density at radius 1 is 1.23 bits per heavy atom. The summed E-state index contributed by atoms with van der Waals surface area (Å²) in [5.74, 6) is -0.621. The Balaban J connectivity index is 1.84. The van der Waals surface area contributed by atoms with Crippen molar-refractivity contribution >= 4 is 23.6 Å². The van der Waals surface area contributed by atoms with E-state index in [0.717, 1.165) is 24.3 Å². The van der Waals surface area contributed by atoms with Crippen LogP contribution in [0.25, 0.3) is 0 Å². The maximum atomic E-state index is 11.7. The molecule has 1 heterocycles. The fourth-order valence-corrected chi connectivity index (χ4v) is 2.21. The molecule has 1 aromatic heterocycles. The molecular weight excluding hydrogens is 338 g/mol. The lowest BCUT2D eigenvalue weighted by molar-refractivity contribution is -0.119. The summed E-state index contributed by atoms with van der Waals surface area (Å²) >= 11 is 0. The average Bonchev–Trinajstić information content (AvgIpc) is 2.63. The first-order valence-electron chi connectivity index (χ1n) is 8.13. The summed E-state index contributed by atoms with van der Waals surface area (Å²) in [7, 11) is 0. The first-order chi connectivity index (χ1) is 12.5. The minimum Gasteiger partial charge on any atom is -0.372 e. The fourth-order valence-electron chi connectivity index (χ4n) is 2.21. The SMILES string of the molecule is CCN(CC)c1ccc(/C=N/NC(=O)CNc2n[nH]c(=O)[nH]c2=O)cc1. The molecule has 0 bridgehead atoms. The molecule has 10 nitrogen and oxygen atoms in total. The first kappa shape index (κ1) is 18.9. The van der Waals surface area contributed by atoms with E-state index in [1.165, 1.54) is 6.21 Å². The van der Waals surface area contributed by atoms with Gasteiger partial charge in [0.2, 0.25) is 5.82 Å². The van der Waals surface area contributed by atoms with E-state index in [4.69, 9.17) is 0 Å². The molecule has 2 aromatic rings. The largest absolute Gasteiger partial charge is 0.372 e. The van der Waals surface area contributed by atoms with Crippen LogP contribution in [-0.2, 0) is 4.79 Å². The monoisotopic (exact) mass is 359 g/mol. The molecule has 0 radical (unpaired) electrons. The number of aromatic amines is 2. The molecule has 26 heavy (non-hydrogen) atoms. The number of anilines is 2. The van der Waals surface area contributed by atoms with E-state index in [1.54, 1.807) is 0 Å². The summed E-state index contributed by atoms with van der Waals surface area (Å²) in [4.78, 5) is 38.2. The molecule has 1 amide bonds.